The molecule has 0 atom stereocenters. The van der Waals surface area contributed by atoms with Crippen molar-refractivity contribution in [2.24, 2.45) is 0 Å². The Morgan fingerprint density at radius 3 is 2.50 bits per heavy atom. The van der Waals surface area contributed by atoms with Crippen molar-refractivity contribution < 1.29 is 0 Å². The van der Waals surface area contributed by atoms with E-state index >= 15 is 0 Å². The van der Waals surface area contributed by atoms with Crippen LogP contribution in [0, 0.1) is 0 Å². The summed E-state index contributed by atoms with van der Waals surface area (Å²) in [5, 5.41) is 9.51. The first-order valence-electron chi connectivity index (χ1n) is 7.08. The van der Waals surface area contributed by atoms with Crippen molar-refractivity contribution in [1.82, 2.24) is 24.4 Å². The highest BCUT2D eigenvalue weighted by Gasteiger charge is 2.10. The first-order valence-corrected chi connectivity index (χ1v) is 8.21. The van der Waals surface area contributed by atoms with Crippen LogP contribution in [-0.2, 0) is 6.54 Å². The van der Waals surface area contributed by atoms with E-state index in [1.807, 2.05) is 41.2 Å². The maximum absolute atomic E-state index is 6.06. The van der Waals surface area contributed by atoms with Gasteiger partial charge in [0.15, 0.2) is 0 Å². The number of fused-ring (bicyclic) bond motifs is 1. The molecule has 0 spiro atoms. The van der Waals surface area contributed by atoms with Crippen LogP contribution in [0.3, 0.4) is 0 Å². The van der Waals surface area contributed by atoms with Gasteiger partial charge in [-0.15, -0.1) is 5.10 Å². The summed E-state index contributed by atoms with van der Waals surface area (Å²) in [5.74, 6) is 0. The molecule has 4 aromatic rings. The maximum Gasteiger partial charge on any atom is 0.137 e. The van der Waals surface area contributed by atoms with Gasteiger partial charge < -0.3 is 4.40 Å². The predicted octanol–water partition coefficient (Wildman–Crippen LogP) is 4.60. The fourth-order valence-corrected chi connectivity index (χ4v) is 3.08. The number of halogens is 3. The molecule has 4 rings (SSSR count). The smallest absolute Gasteiger partial charge is 0.137 e. The van der Waals surface area contributed by atoms with Crippen LogP contribution >= 0.6 is 34.8 Å². The van der Waals surface area contributed by atoms with Crippen LogP contribution in [0.15, 0.2) is 48.9 Å². The van der Waals surface area contributed by atoms with E-state index in [2.05, 4.69) is 15.3 Å². The van der Waals surface area contributed by atoms with E-state index in [1.165, 1.54) is 0 Å². The molecule has 0 amide bonds. The Morgan fingerprint density at radius 1 is 0.958 bits per heavy atom. The van der Waals surface area contributed by atoms with Gasteiger partial charge in [0.1, 0.15) is 17.0 Å². The molecule has 3 aromatic heterocycles. The topological polar surface area (TPSA) is 48.0 Å². The Kier molecular flexibility index (Phi) is 3.92. The van der Waals surface area contributed by atoms with Crippen molar-refractivity contribution in [1.29, 1.82) is 0 Å². The average Bonchev–Trinajstić information content (AvgIpc) is 3.18. The number of rotatable bonds is 3. The number of imidazole rings is 1. The molecule has 0 aliphatic carbocycles. The molecule has 0 saturated carbocycles. The van der Waals surface area contributed by atoms with Gasteiger partial charge in [0.05, 0.1) is 27.8 Å². The van der Waals surface area contributed by atoms with Crippen molar-refractivity contribution in [2.75, 3.05) is 0 Å². The van der Waals surface area contributed by atoms with Gasteiger partial charge in [0.25, 0.3) is 0 Å². The lowest BCUT2D eigenvalue weighted by Gasteiger charge is -2.05. The molecule has 8 heteroatoms. The lowest BCUT2D eigenvalue weighted by Crippen LogP contribution is -2.00. The molecular formula is C16H10Cl3N5. The summed E-state index contributed by atoms with van der Waals surface area (Å²) in [6, 6.07) is 9.36. The highest BCUT2D eigenvalue weighted by molar-refractivity contribution is 6.48. The van der Waals surface area contributed by atoms with Crippen LogP contribution in [0.25, 0.3) is 17.0 Å². The van der Waals surface area contributed by atoms with Gasteiger partial charge in [-0.3, -0.25) is 0 Å². The molecule has 3 heterocycles. The molecule has 0 radical (unpaired) electrons. The molecule has 5 nitrogen and oxygen atoms in total. The fourth-order valence-electron chi connectivity index (χ4n) is 2.44. The minimum Gasteiger partial charge on any atom is -0.306 e. The number of pyridine rings is 1. The fraction of sp³-hybridized carbons (Fsp3) is 0.0625. The monoisotopic (exact) mass is 377 g/mol. The second-order valence-corrected chi connectivity index (χ2v) is 6.46. The summed E-state index contributed by atoms with van der Waals surface area (Å²) in [6.45, 7) is 0.483. The maximum atomic E-state index is 6.06. The van der Waals surface area contributed by atoms with Gasteiger partial charge in [-0.1, -0.05) is 46.1 Å². The first-order chi connectivity index (χ1) is 11.6. The second-order valence-electron chi connectivity index (χ2n) is 5.27. The third-order valence-corrected chi connectivity index (χ3v) is 4.75. The van der Waals surface area contributed by atoms with Gasteiger partial charge in [0.2, 0.25) is 0 Å². The summed E-state index contributed by atoms with van der Waals surface area (Å²) < 4.78 is 3.64. The average molecular weight is 379 g/mol. The summed E-state index contributed by atoms with van der Waals surface area (Å²) in [7, 11) is 0. The van der Waals surface area contributed by atoms with Gasteiger partial charge in [-0.2, -0.15) is 0 Å². The van der Waals surface area contributed by atoms with E-state index in [-0.39, 0.29) is 0 Å². The highest BCUT2D eigenvalue weighted by atomic mass is 35.5. The van der Waals surface area contributed by atoms with Gasteiger partial charge in [-0.05, 0) is 29.8 Å². The van der Waals surface area contributed by atoms with E-state index in [0.717, 1.165) is 16.9 Å². The number of benzene rings is 1. The summed E-state index contributed by atoms with van der Waals surface area (Å²) >= 11 is 18.1. The molecule has 0 N–H and O–H groups in total. The zero-order chi connectivity index (χ0) is 16.7. The molecule has 1 aromatic carbocycles. The quantitative estimate of drug-likeness (QED) is 0.489. The molecule has 0 saturated heterocycles. The molecular weight excluding hydrogens is 369 g/mol. The summed E-state index contributed by atoms with van der Waals surface area (Å²) in [4.78, 5) is 4.53. The van der Waals surface area contributed by atoms with E-state index in [4.69, 9.17) is 34.8 Å². The van der Waals surface area contributed by atoms with Crippen LogP contribution in [0.5, 0.6) is 0 Å². The Balaban J connectivity index is 1.63. The number of nitrogens with zero attached hydrogens (tertiary/aromatic N) is 5. The van der Waals surface area contributed by atoms with Crippen molar-refractivity contribution in [3.05, 3.63) is 69.6 Å². The summed E-state index contributed by atoms with van der Waals surface area (Å²) in [5.41, 5.74) is 3.21. The largest absolute Gasteiger partial charge is 0.306 e. The van der Waals surface area contributed by atoms with Gasteiger partial charge in [0, 0.05) is 12.4 Å². The Bertz CT molecular complexity index is 981. The Hall–Kier alpha value is -2.08. The minimum atomic E-state index is 0.353. The van der Waals surface area contributed by atoms with Gasteiger partial charge in [-0.25, -0.2) is 9.67 Å². The zero-order valence-electron chi connectivity index (χ0n) is 12.2. The van der Waals surface area contributed by atoms with E-state index < -0.39 is 0 Å². The van der Waals surface area contributed by atoms with E-state index in [9.17, 15) is 0 Å². The predicted molar refractivity (Wildman–Crippen MR) is 94.8 cm³/mol. The molecule has 0 fully saturated rings. The van der Waals surface area contributed by atoms with Gasteiger partial charge >= 0.3 is 0 Å². The van der Waals surface area contributed by atoms with Crippen molar-refractivity contribution in [3.63, 3.8) is 0 Å². The van der Waals surface area contributed by atoms with Crippen molar-refractivity contribution in [2.45, 2.75) is 6.54 Å². The number of aromatic nitrogens is 5. The minimum absolute atomic E-state index is 0.353. The Labute approximate surface area is 152 Å². The van der Waals surface area contributed by atoms with Crippen LogP contribution in [0.1, 0.15) is 5.56 Å². The van der Waals surface area contributed by atoms with E-state index in [0.29, 0.717) is 27.3 Å². The molecule has 0 bridgehead atoms. The molecule has 0 unspecified atom stereocenters. The SMILES string of the molecule is Clc1cc(Cn2cc(-c3cn4ccccc4n3)nn2)cc(Cl)c1Cl. The first kappa shape index (κ1) is 15.4. The molecule has 0 aliphatic heterocycles. The van der Waals surface area contributed by atoms with Crippen LogP contribution in [0.4, 0.5) is 0 Å². The van der Waals surface area contributed by atoms with Crippen LogP contribution in [0.2, 0.25) is 15.1 Å². The number of hydrogen-bond acceptors (Lipinski definition) is 3. The van der Waals surface area contributed by atoms with Crippen molar-refractivity contribution >= 4 is 40.4 Å². The lowest BCUT2D eigenvalue weighted by molar-refractivity contribution is 0.650. The van der Waals surface area contributed by atoms with Crippen LogP contribution in [-0.4, -0.2) is 24.4 Å². The van der Waals surface area contributed by atoms with Crippen molar-refractivity contribution in [3.8, 4) is 11.4 Å². The lowest BCUT2D eigenvalue weighted by atomic mass is 10.2. The van der Waals surface area contributed by atoms with E-state index in [1.54, 1.807) is 16.8 Å². The molecule has 120 valence electrons. The highest BCUT2D eigenvalue weighted by Crippen LogP contribution is 2.31. The summed E-state index contributed by atoms with van der Waals surface area (Å²) in [6.07, 6.45) is 5.69. The third-order valence-electron chi connectivity index (χ3n) is 3.55. The standard InChI is InChI=1S/C16H10Cl3N5/c17-11-5-10(6-12(18)16(11)19)7-24-9-14(21-22-24)13-8-23-4-2-1-3-15(23)20-13/h1-6,8-9H,7H2. The number of hydrogen-bond donors (Lipinski definition) is 0. The zero-order valence-corrected chi connectivity index (χ0v) is 14.5. The normalized spacial score (nSPS) is 11.3. The second kappa shape index (κ2) is 6.09. The molecule has 24 heavy (non-hydrogen) atoms. The third kappa shape index (κ3) is 2.86. The molecule has 0 aliphatic rings. The Morgan fingerprint density at radius 2 is 1.75 bits per heavy atom. The van der Waals surface area contributed by atoms with Crippen LogP contribution < -0.4 is 0 Å².